The van der Waals surface area contributed by atoms with E-state index in [1.165, 1.54) is 18.2 Å². The molecule has 1 amide bonds. The number of esters is 1. The molecule has 1 saturated heterocycles. The molecule has 8 heteroatoms. The summed E-state index contributed by atoms with van der Waals surface area (Å²) in [4.78, 5) is 32.7. The van der Waals surface area contributed by atoms with Crippen LogP contribution in [-0.2, 0) is 9.53 Å². The zero-order valence-corrected chi connectivity index (χ0v) is 20.3. The van der Waals surface area contributed by atoms with Crippen LogP contribution in [0.4, 0.5) is 10.1 Å². The lowest BCUT2D eigenvalue weighted by atomic mass is 9.94. The Morgan fingerprint density at radius 3 is 2.79 bits per heavy atom. The van der Waals surface area contributed by atoms with Crippen molar-refractivity contribution in [2.75, 3.05) is 24.2 Å². The number of aliphatic imine (C=N–C) groups is 1. The number of amidine groups is 1. The average Bonchev–Trinajstić information content (AvgIpc) is 2.81. The van der Waals surface area contributed by atoms with Gasteiger partial charge in [-0.25, -0.2) is 14.2 Å². The SMILES string of the molecule is CC1=C(C(=O)OCC(C)C)C(c2cccc(NC(=O)c3cccc(F)c3)c2)N2CCCSC2=N1. The second-order valence-electron chi connectivity index (χ2n) is 8.77. The van der Waals surface area contributed by atoms with Crippen LogP contribution in [0.2, 0.25) is 0 Å². The molecule has 1 unspecified atom stereocenters. The fraction of sp³-hybridized carbons (Fsp3) is 0.346. The first kappa shape index (κ1) is 24.0. The van der Waals surface area contributed by atoms with E-state index in [4.69, 9.17) is 9.73 Å². The highest BCUT2D eigenvalue weighted by atomic mass is 32.2. The zero-order chi connectivity index (χ0) is 24.2. The van der Waals surface area contributed by atoms with Crippen LogP contribution in [0.5, 0.6) is 0 Å². The van der Waals surface area contributed by atoms with Gasteiger partial charge in [0.05, 0.1) is 23.9 Å². The van der Waals surface area contributed by atoms with Gasteiger partial charge in [-0.3, -0.25) is 4.79 Å². The van der Waals surface area contributed by atoms with Gasteiger partial charge < -0.3 is 15.0 Å². The molecule has 6 nitrogen and oxygen atoms in total. The quantitative estimate of drug-likeness (QED) is 0.560. The molecular weight excluding hydrogens is 453 g/mol. The molecule has 4 rings (SSSR count). The number of allylic oxidation sites excluding steroid dienone is 1. The van der Waals surface area contributed by atoms with Gasteiger partial charge >= 0.3 is 5.97 Å². The Kier molecular flexibility index (Phi) is 7.36. The maximum atomic E-state index is 13.6. The first-order valence-corrected chi connectivity index (χ1v) is 12.3. The second-order valence-corrected chi connectivity index (χ2v) is 9.84. The predicted molar refractivity (Wildman–Crippen MR) is 133 cm³/mol. The third-order valence-corrected chi connectivity index (χ3v) is 6.65. The summed E-state index contributed by atoms with van der Waals surface area (Å²) in [5, 5.41) is 3.73. The Morgan fingerprint density at radius 2 is 2.03 bits per heavy atom. The molecule has 0 saturated carbocycles. The molecule has 0 spiro atoms. The van der Waals surface area contributed by atoms with Crippen molar-refractivity contribution in [3.05, 3.63) is 76.7 Å². The van der Waals surface area contributed by atoms with E-state index in [9.17, 15) is 14.0 Å². The maximum absolute atomic E-state index is 13.6. The summed E-state index contributed by atoms with van der Waals surface area (Å²) in [6.45, 7) is 6.93. The van der Waals surface area contributed by atoms with Crippen LogP contribution in [0, 0.1) is 11.7 Å². The third kappa shape index (κ3) is 5.33. The van der Waals surface area contributed by atoms with Crippen molar-refractivity contribution in [3.8, 4) is 0 Å². The molecule has 1 atom stereocenters. The molecule has 2 aromatic carbocycles. The van der Waals surface area contributed by atoms with Crippen LogP contribution in [0.15, 0.2) is 64.8 Å². The number of fused-ring (bicyclic) bond motifs is 1. The van der Waals surface area contributed by atoms with Gasteiger partial charge in [-0.15, -0.1) is 0 Å². The van der Waals surface area contributed by atoms with Crippen LogP contribution in [-0.4, -0.2) is 40.8 Å². The molecular formula is C26H28FN3O3S. The van der Waals surface area contributed by atoms with Gasteiger partial charge in [0, 0.05) is 23.5 Å². The summed E-state index contributed by atoms with van der Waals surface area (Å²) in [6.07, 6.45) is 0.976. The number of nitrogens with zero attached hydrogens (tertiary/aromatic N) is 2. The number of hydrogen-bond donors (Lipinski definition) is 1. The van der Waals surface area contributed by atoms with Crippen LogP contribution in [0.25, 0.3) is 0 Å². The number of carbonyl (C=O) groups is 2. The van der Waals surface area contributed by atoms with E-state index < -0.39 is 11.7 Å². The van der Waals surface area contributed by atoms with E-state index in [0.717, 1.165) is 29.4 Å². The minimum atomic E-state index is -0.469. The van der Waals surface area contributed by atoms with Gasteiger partial charge in [0.2, 0.25) is 0 Å². The standard InChI is InChI=1S/C26H28FN3O3S/c1-16(2)15-33-25(32)22-17(3)28-26-30(11-6-12-34-26)23(22)18-7-5-10-21(14-18)29-24(31)19-8-4-9-20(27)13-19/h4-5,7-10,13-14,16,23H,6,11-12,15H2,1-3H3,(H,29,31). The molecule has 0 aromatic heterocycles. The number of benzene rings is 2. The van der Waals surface area contributed by atoms with Crippen molar-refractivity contribution < 1.29 is 18.7 Å². The summed E-state index contributed by atoms with van der Waals surface area (Å²) < 4.78 is 19.2. The molecule has 2 aromatic rings. The highest BCUT2D eigenvalue weighted by molar-refractivity contribution is 8.13. The van der Waals surface area contributed by atoms with Crippen LogP contribution < -0.4 is 5.32 Å². The van der Waals surface area contributed by atoms with Crippen molar-refractivity contribution in [2.45, 2.75) is 33.2 Å². The number of nitrogens with one attached hydrogen (secondary N) is 1. The lowest BCUT2D eigenvalue weighted by Crippen LogP contribution is -2.42. The highest BCUT2D eigenvalue weighted by Gasteiger charge is 2.38. The average molecular weight is 482 g/mol. The van der Waals surface area contributed by atoms with Crippen molar-refractivity contribution in [1.29, 1.82) is 0 Å². The normalized spacial score (nSPS) is 17.9. The molecule has 0 bridgehead atoms. The molecule has 1 N–H and O–H groups in total. The first-order valence-electron chi connectivity index (χ1n) is 11.4. The lowest BCUT2D eigenvalue weighted by Gasteiger charge is -2.40. The number of halogens is 1. The van der Waals surface area contributed by atoms with Crippen LogP contribution in [0.1, 0.15) is 49.2 Å². The van der Waals surface area contributed by atoms with E-state index in [-0.39, 0.29) is 23.5 Å². The minimum Gasteiger partial charge on any atom is -0.462 e. The molecule has 0 aliphatic carbocycles. The molecule has 34 heavy (non-hydrogen) atoms. The Labute approximate surface area is 203 Å². The fourth-order valence-corrected chi connectivity index (χ4v) is 5.04. The van der Waals surface area contributed by atoms with Gasteiger partial charge in [0.25, 0.3) is 5.91 Å². The van der Waals surface area contributed by atoms with Crippen LogP contribution >= 0.6 is 11.8 Å². The van der Waals surface area contributed by atoms with Gasteiger partial charge in [-0.2, -0.15) is 0 Å². The largest absolute Gasteiger partial charge is 0.462 e. The monoisotopic (exact) mass is 481 g/mol. The smallest absolute Gasteiger partial charge is 0.338 e. The molecule has 2 aliphatic heterocycles. The molecule has 1 fully saturated rings. The van der Waals surface area contributed by atoms with Crippen LogP contribution in [0.3, 0.4) is 0 Å². The number of carbonyl (C=O) groups excluding carboxylic acids is 2. The fourth-order valence-electron chi connectivity index (χ4n) is 4.02. The summed E-state index contributed by atoms with van der Waals surface area (Å²) in [5.74, 6) is -0.0455. The van der Waals surface area contributed by atoms with Gasteiger partial charge in [-0.1, -0.05) is 43.8 Å². The van der Waals surface area contributed by atoms with Gasteiger partial charge in [-0.05, 0) is 55.2 Å². The Balaban J connectivity index is 1.66. The number of hydrogen-bond acceptors (Lipinski definition) is 6. The number of amides is 1. The molecule has 0 radical (unpaired) electrons. The summed E-state index contributed by atoms with van der Waals surface area (Å²) in [6, 6.07) is 12.6. The van der Waals surface area contributed by atoms with Crippen molar-refractivity contribution >= 4 is 34.5 Å². The van der Waals surface area contributed by atoms with Gasteiger partial charge in [0.1, 0.15) is 5.82 Å². The molecule has 2 heterocycles. The summed E-state index contributed by atoms with van der Waals surface area (Å²) in [7, 11) is 0. The highest BCUT2D eigenvalue weighted by Crippen LogP contribution is 2.40. The minimum absolute atomic E-state index is 0.220. The van der Waals surface area contributed by atoms with E-state index in [2.05, 4.69) is 10.2 Å². The zero-order valence-electron chi connectivity index (χ0n) is 19.5. The maximum Gasteiger partial charge on any atom is 0.338 e. The van der Waals surface area contributed by atoms with E-state index in [1.54, 1.807) is 23.9 Å². The number of thioether (sulfide) groups is 1. The summed E-state index contributed by atoms with van der Waals surface area (Å²) >= 11 is 1.68. The molecule has 178 valence electrons. The number of ether oxygens (including phenoxy) is 1. The Hall–Kier alpha value is -3.13. The second kappa shape index (κ2) is 10.4. The Bertz CT molecular complexity index is 1160. The first-order chi connectivity index (χ1) is 16.3. The van der Waals surface area contributed by atoms with Crippen molar-refractivity contribution in [1.82, 2.24) is 4.90 Å². The third-order valence-electron chi connectivity index (χ3n) is 5.57. The number of rotatable bonds is 6. The summed E-state index contributed by atoms with van der Waals surface area (Å²) in [5.41, 5.74) is 2.81. The van der Waals surface area contributed by atoms with E-state index in [1.807, 2.05) is 39.0 Å². The molecule has 2 aliphatic rings. The van der Waals surface area contributed by atoms with Crippen molar-refractivity contribution in [3.63, 3.8) is 0 Å². The number of anilines is 1. The van der Waals surface area contributed by atoms with E-state index in [0.29, 0.717) is 23.6 Å². The predicted octanol–water partition coefficient (Wildman–Crippen LogP) is 5.40. The lowest BCUT2D eigenvalue weighted by molar-refractivity contribution is -0.140. The topological polar surface area (TPSA) is 71.0 Å². The van der Waals surface area contributed by atoms with E-state index >= 15 is 0 Å². The van der Waals surface area contributed by atoms with Gasteiger partial charge in [0.15, 0.2) is 5.17 Å². The van der Waals surface area contributed by atoms with Crippen molar-refractivity contribution in [2.24, 2.45) is 10.9 Å². The Morgan fingerprint density at radius 1 is 1.24 bits per heavy atom.